The van der Waals surface area contributed by atoms with E-state index in [1.807, 2.05) is 13.0 Å². The first-order valence-corrected chi connectivity index (χ1v) is 6.37. The largest absolute Gasteiger partial charge is 0.393 e. The molecule has 0 aromatic heterocycles. The molecule has 3 atom stereocenters. The zero-order valence-electron chi connectivity index (χ0n) is 10.6. The summed E-state index contributed by atoms with van der Waals surface area (Å²) in [5.41, 5.74) is 8.42. The molecule has 0 radical (unpaired) electrons. The Morgan fingerprint density at radius 3 is 2.76 bits per heavy atom. The number of benzene rings is 1. The lowest BCUT2D eigenvalue weighted by Crippen LogP contribution is -2.42. The Bertz CT molecular complexity index is 378. The van der Waals surface area contributed by atoms with E-state index in [0.29, 0.717) is 5.92 Å². The predicted molar refractivity (Wildman–Crippen MR) is 71.0 cm³/mol. The molecule has 1 aromatic carbocycles. The highest BCUT2D eigenvalue weighted by Crippen LogP contribution is 2.29. The second-order valence-electron chi connectivity index (χ2n) is 5.13. The van der Waals surface area contributed by atoms with Crippen LogP contribution in [0, 0.1) is 5.92 Å². The van der Waals surface area contributed by atoms with Crippen LogP contribution in [-0.2, 0) is 0 Å². The number of para-hydroxylation sites is 1. The number of aliphatic hydroxyl groups is 1. The minimum absolute atomic E-state index is 0.0494. The summed E-state index contributed by atoms with van der Waals surface area (Å²) >= 11 is 0. The number of nitrogens with zero attached hydrogens (tertiary/aromatic N) is 1. The smallest absolute Gasteiger partial charge is 0.0599 e. The van der Waals surface area contributed by atoms with Crippen molar-refractivity contribution < 1.29 is 5.11 Å². The lowest BCUT2D eigenvalue weighted by molar-refractivity contribution is 0.0970. The molecular weight excluding hydrogens is 212 g/mol. The summed E-state index contributed by atoms with van der Waals surface area (Å²) in [5.74, 6) is 0.324. The molecule has 1 saturated heterocycles. The van der Waals surface area contributed by atoms with E-state index in [0.717, 1.165) is 19.5 Å². The van der Waals surface area contributed by atoms with E-state index in [1.165, 1.54) is 11.3 Å². The molecule has 2 unspecified atom stereocenters. The van der Waals surface area contributed by atoms with Gasteiger partial charge in [0.05, 0.1) is 6.10 Å². The topological polar surface area (TPSA) is 49.5 Å². The Morgan fingerprint density at radius 1 is 1.41 bits per heavy atom. The van der Waals surface area contributed by atoms with Gasteiger partial charge in [-0.3, -0.25) is 0 Å². The molecule has 0 saturated carbocycles. The molecular formula is C14H22N2O. The Balaban J connectivity index is 2.22. The fraction of sp³-hybridized carbons (Fsp3) is 0.571. The molecule has 0 amide bonds. The first kappa shape index (κ1) is 12.4. The minimum Gasteiger partial charge on any atom is -0.393 e. The summed E-state index contributed by atoms with van der Waals surface area (Å²) in [6, 6.07) is 8.36. The molecule has 0 spiro atoms. The van der Waals surface area contributed by atoms with Gasteiger partial charge in [-0.25, -0.2) is 0 Å². The van der Waals surface area contributed by atoms with Gasteiger partial charge in [0.1, 0.15) is 0 Å². The first-order valence-electron chi connectivity index (χ1n) is 6.37. The van der Waals surface area contributed by atoms with Crippen LogP contribution < -0.4 is 10.6 Å². The number of aliphatic hydroxyl groups excluding tert-OH is 1. The van der Waals surface area contributed by atoms with Gasteiger partial charge >= 0.3 is 0 Å². The number of nitrogens with two attached hydrogens (primary N) is 1. The average Bonchev–Trinajstić information content (AvgIpc) is 2.32. The highest BCUT2D eigenvalue weighted by Gasteiger charge is 2.25. The van der Waals surface area contributed by atoms with Crippen molar-refractivity contribution in [3.8, 4) is 0 Å². The van der Waals surface area contributed by atoms with Crippen molar-refractivity contribution in [1.82, 2.24) is 0 Å². The highest BCUT2D eigenvalue weighted by molar-refractivity contribution is 5.55. The van der Waals surface area contributed by atoms with Gasteiger partial charge in [-0.1, -0.05) is 25.1 Å². The van der Waals surface area contributed by atoms with Crippen LogP contribution in [0.3, 0.4) is 0 Å². The van der Waals surface area contributed by atoms with Gasteiger partial charge in [0.25, 0.3) is 0 Å². The molecule has 1 aromatic rings. The maximum atomic E-state index is 9.77. The van der Waals surface area contributed by atoms with Gasteiger partial charge in [0, 0.05) is 24.8 Å². The fourth-order valence-corrected chi connectivity index (χ4v) is 2.51. The van der Waals surface area contributed by atoms with Crippen LogP contribution in [0.15, 0.2) is 24.3 Å². The molecule has 3 N–H and O–H groups in total. The van der Waals surface area contributed by atoms with Gasteiger partial charge in [-0.2, -0.15) is 0 Å². The van der Waals surface area contributed by atoms with Crippen LogP contribution in [0.2, 0.25) is 0 Å². The van der Waals surface area contributed by atoms with Crippen LogP contribution in [0.5, 0.6) is 0 Å². The van der Waals surface area contributed by atoms with E-state index in [9.17, 15) is 5.11 Å². The van der Waals surface area contributed by atoms with Crippen molar-refractivity contribution in [1.29, 1.82) is 0 Å². The van der Waals surface area contributed by atoms with Crippen LogP contribution in [0.1, 0.15) is 31.9 Å². The maximum Gasteiger partial charge on any atom is 0.0599 e. The Hall–Kier alpha value is -1.06. The van der Waals surface area contributed by atoms with Crippen molar-refractivity contribution in [2.75, 3.05) is 18.0 Å². The van der Waals surface area contributed by atoms with E-state index in [4.69, 9.17) is 5.73 Å². The number of rotatable bonds is 2. The van der Waals surface area contributed by atoms with Gasteiger partial charge < -0.3 is 15.7 Å². The third-order valence-corrected chi connectivity index (χ3v) is 3.63. The Labute approximate surface area is 103 Å². The zero-order chi connectivity index (χ0) is 12.4. The van der Waals surface area contributed by atoms with Crippen molar-refractivity contribution in [3.63, 3.8) is 0 Å². The van der Waals surface area contributed by atoms with E-state index in [-0.39, 0.29) is 12.1 Å². The quantitative estimate of drug-likeness (QED) is 0.822. The van der Waals surface area contributed by atoms with E-state index >= 15 is 0 Å². The molecule has 0 bridgehead atoms. The van der Waals surface area contributed by atoms with E-state index in [1.54, 1.807) is 0 Å². The fourth-order valence-electron chi connectivity index (χ4n) is 2.51. The molecule has 1 heterocycles. The zero-order valence-corrected chi connectivity index (χ0v) is 10.6. The number of hydrogen-bond acceptors (Lipinski definition) is 3. The van der Waals surface area contributed by atoms with Gasteiger partial charge in [-0.05, 0) is 30.9 Å². The standard InChI is InChI=1S/C14H22N2O/c1-10-9-16(8-7-14(10)17)13-6-4-3-5-12(13)11(2)15/h3-6,10-11,14,17H,7-9,15H2,1-2H3/t10?,11-,14?/m1/s1. The van der Waals surface area contributed by atoms with Crippen molar-refractivity contribution >= 4 is 5.69 Å². The highest BCUT2D eigenvalue weighted by atomic mass is 16.3. The minimum atomic E-state index is -0.159. The van der Waals surface area contributed by atoms with Crippen molar-refractivity contribution in [2.45, 2.75) is 32.4 Å². The summed E-state index contributed by atoms with van der Waals surface area (Å²) in [6.45, 7) is 5.94. The summed E-state index contributed by atoms with van der Waals surface area (Å²) in [7, 11) is 0. The van der Waals surface area contributed by atoms with Crippen molar-refractivity contribution in [2.24, 2.45) is 11.7 Å². The van der Waals surface area contributed by atoms with Crippen LogP contribution in [0.4, 0.5) is 5.69 Å². The second kappa shape index (κ2) is 5.07. The average molecular weight is 234 g/mol. The number of hydrogen-bond donors (Lipinski definition) is 2. The molecule has 94 valence electrons. The van der Waals surface area contributed by atoms with E-state index in [2.05, 4.69) is 30.0 Å². The molecule has 1 aliphatic heterocycles. The molecule has 17 heavy (non-hydrogen) atoms. The SMILES string of the molecule is CC1CN(c2ccccc2[C@@H](C)N)CCC1O. The van der Waals surface area contributed by atoms with E-state index < -0.39 is 0 Å². The summed E-state index contributed by atoms with van der Waals surface area (Å²) in [5, 5.41) is 9.77. The van der Waals surface area contributed by atoms with Gasteiger partial charge in [-0.15, -0.1) is 0 Å². The lowest BCUT2D eigenvalue weighted by atomic mass is 9.95. The monoisotopic (exact) mass is 234 g/mol. The molecule has 0 aliphatic carbocycles. The van der Waals surface area contributed by atoms with Gasteiger partial charge in [0.2, 0.25) is 0 Å². The van der Waals surface area contributed by atoms with Crippen LogP contribution in [-0.4, -0.2) is 24.3 Å². The lowest BCUT2D eigenvalue weighted by Gasteiger charge is -2.37. The Kier molecular flexibility index (Phi) is 3.69. The number of anilines is 1. The predicted octanol–water partition coefficient (Wildman–Crippen LogP) is 1.91. The number of piperidine rings is 1. The van der Waals surface area contributed by atoms with Gasteiger partial charge in [0.15, 0.2) is 0 Å². The first-order chi connectivity index (χ1) is 8.09. The summed E-state index contributed by atoms with van der Waals surface area (Å²) in [6.07, 6.45) is 0.683. The normalized spacial score (nSPS) is 26.9. The summed E-state index contributed by atoms with van der Waals surface area (Å²) < 4.78 is 0. The maximum absolute atomic E-state index is 9.77. The molecule has 3 heteroatoms. The van der Waals surface area contributed by atoms with Crippen LogP contribution in [0.25, 0.3) is 0 Å². The Morgan fingerprint density at radius 2 is 2.12 bits per heavy atom. The van der Waals surface area contributed by atoms with Crippen LogP contribution >= 0.6 is 0 Å². The second-order valence-corrected chi connectivity index (χ2v) is 5.13. The molecule has 2 rings (SSSR count). The summed E-state index contributed by atoms with van der Waals surface area (Å²) in [4.78, 5) is 2.34. The third-order valence-electron chi connectivity index (χ3n) is 3.63. The van der Waals surface area contributed by atoms with Crippen molar-refractivity contribution in [3.05, 3.63) is 29.8 Å². The molecule has 1 aliphatic rings. The third kappa shape index (κ3) is 2.61. The molecule has 3 nitrogen and oxygen atoms in total. The molecule has 1 fully saturated rings.